The second-order valence-corrected chi connectivity index (χ2v) is 13.5. The summed E-state index contributed by atoms with van der Waals surface area (Å²) in [5.74, 6) is 0.712. The topological polar surface area (TPSA) is 94.2 Å². The van der Waals surface area contributed by atoms with Gasteiger partial charge in [0.05, 0.1) is 32.8 Å². The lowest BCUT2D eigenvalue weighted by Crippen LogP contribution is -2.38. The van der Waals surface area contributed by atoms with Crippen molar-refractivity contribution in [2.24, 2.45) is 0 Å². The van der Waals surface area contributed by atoms with Crippen LogP contribution in [0.1, 0.15) is 102 Å². The number of nitrogens with one attached hydrogen (secondary N) is 1. The summed E-state index contributed by atoms with van der Waals surface area (Å²) in [5.41, 5.74) is 1.28. The highest BCUT2D eigenvalue weighted by Crippen LogP contribution is 2.39. The molecule has 0 aliphatic heterocycles. The van der Waals surface area contributed by atoms with Gasteiger partial charge < -0.3 is 19.5 Å². The lowest BCUT2D eigenvalue weighted by Gasteiger charge is -2.23. The SMILES string of the molecule is CCCCCCCC/C=C\CCCCCCCCN(CC(=O)Nc1c(OC)cc(OC)cc1OC)S(=O)(=O)c1ccc(C)cc1. The third-order valence-corrected chi connectivity index (χ3v) is 9.74. The molecule has 0 atom stereocenters. The molecule has 8 nitrogen and oxygen atoms in total. The number of rotatable bonds is 24. The molecule has 0 bridgehead atoms. The molecule has 1 amide bonds. The largest absolute Gasteiger partial charge is 0.496 e. The van der Waals surface area contributed by atoms with Crippen LogP contribution in [0.25, 0.3) is 0 Å². The number of nitrogens with zero attached hydrogens (tertiary/aromatic N) is 1. The Hall–Kier alpha value is -3.04. The van der Waals surface area contributed by atoms with Crippen molar-refractivity contribution in [3.63, 3.8) is 0 Å². The summed E-state index contributed by atoms with van der Waals surface area (Å²) in [6, 6.07) is 9.97. The van der Waals surface area contributed by atoms with Crippen molar-refractivity contribution in [2.45, 2.75) is 109 Å². The molecule has 0 aliphatic rings. The molecule has 0 fully saturated rings. The van der Waals surface area contributed by atoms with Crippen molar-refractivity contribution >= 4 is 21.6 Å². The fraction of sp³-hybridized carbons (Fsp3) is 0.583. The first-order valence-electron chi connectivity index (χ1n) is 16.6. The number of allylic oxidation sites excluding steroid dienone is 2. The maximum absolute atomic E-state index is 13.6. The van der Waals surface area contributed by atoms with Gasteiger partial charge >= 0.3 is 0 Å². The van der Waals surface area contributed by atoms with E-state index in [4.69, 9.17) is 14.2 Å². The third-order valence-electron chi connectivity index (χ3n) is 7.88. The number of amides is 1. The van der Waals surface area contributed by atoms with Crippen LogP contribution < -0.4 is 19.5 Å². The molecule has 2 aromatic carbocycles. The molecule has 0 radical (unpaired) electrons. The number of methoxy groups -OCH3 is 3. The Morgan fingerprint density at radius 1 is 0.756 bits per heavy atom. The molecule has 0 saturated heterocycles. The molecule has 0 heterocycles. The summed E-state index contributed by atoms with van der Waals surface area (Å²) < 4.78 is 44.7. The number of hydrogen-bond donors (Lipinski definition) is 1. The quantitative estimate of drug-likeness (QED) is 0.0908. The number of ether oxygens (including phenoxy) is 3. The molecule has 45 heavy (non-hydrogen) atoms. The van der Waals surface area contributed by atoms with Gasteiger partial charge in [-0.05, 0) is 51.2 Å². The van der Waals surface area contributed by atoms with Gasteiger partial charge in [0.15, 0.2) is 0 Å². The molecular formula is C36H56N2O6S. The minimum absolute atomic E-state index is 0.171. The number of aryl methyl sites for hydroxylation is 1. The molecule has 1 N–H and O–H groups in total. The van der Waals surface area contributed by atoms with Crippen LogP contribution in [-0.2, 0) is 14.8 Å². The van der Waals surface area contributed by atoms with E-state index in [1.54, 1.807) is 36.4 Å². The number of anilines is 1. The van der Waals surface area contributed by atoms with Crippen molar-refractivity contribution in [3.8, 4) is 17.2 Å². The second-order valence-electron chi connectivity index (χ2n) is 11.5. The van der Waals surface area contributed by atoms with Crippen LogP contribution in [0.5, 0.6) is 17.2 Å². The molecule has 0 aliphatic carbocycles. The lowest BCUT2D eigenvalue weighted by atomic mass is 10.1. The van der Waals surface area contributed by atoms with Crippen LogP contribution in [-0.4, -0.2) is 53.0 Å². The van der Waals surface area contributed by atoms with E-state index in [0.717, 1.165) is 31.2 Å². The number of unbranched alkanes of at least 4 members (excludes halogenated alkanes) is 12. The van der Waals surface area contributed by atoms with Crippen molar-refractivity contribution in [1.82, 2.24) is 4.31 Å². The maximum Gasteiger partial charge on any atom is 0.243 e. The van der Waals surface area contributed by atoms with Gasteiger partial charge in [0, 0.05) is 18.7 Å². The minimum Gasteiger partial charge on any atom is -0.496 e. The van der Waals surface area contributed by atoms with Gasteiger partial charge in [-0.2, -0.15) is 4.31 Å². The summed E-state index contributed by atoms with van der Waals surface area (Å²) in [5, 5.41) is 2.80. The third kappa shape index (κ3) is 13.9. The Morgan fingerprint density at radius 2 is 1.27 bits per heavy atom. The fourth-order valence-corrected chi connectivity index (χ4v) is 6.58. The first kappa shape index (κ1) is 38.1. The predicted molar refractivity (Wildman–Crippen MR) is 184 cm³/mol. The Morgan fingerprint density at radius 3 is 1.78 bits per heavy atom. The van der Waals surface area contributed by atoms with Gasteiger partial charge in [-0.1, -0.05) is 94.6 Å². The first-order chi connectivity index (χ1) is 21.8. The molecular weight excluding hydrogens is 588 g/mol. The Bertz CT molecular complexity index is 1240. The zero-order valence-corrected chi connectivity index (χ0v) is 29.1. The summed E-state index contributed by atoms with van der Waals surface area (Å²) in [6.45, 7) is 4.08. The summed E-state index contributed by atoms with van der Waals surface area (Å²) in [7, 11) is 0.595. The second kappa shape index (κ2) is 21.7. The normalized spacial score (nSPS) is 11.7. The van der Waals surface area contributed by atoms with E-state index < -0.39 is 15.9 Å². The smallest absolute Gasteiger partial charge is 0.243 e. The highest BCUT2D eigenvalue weighted by Gasteiger charge is 2.27. The number of carbonyl (C=O) groups excluding carboxylic acids is 1. The molecule has 0 saturated carbocycles. The first-order valence-corrected chi connectivity index (χ1v) is 18.0. The zero-order valence-electron chi connectivity index (χ0n) is 28.2. The number of carbonyl (C=O) groups is 1. The van der Waals surface area contributed by atoms with Crippen molar-refractivity contribution in [2.75, 3.05) is 39.7 Å². The molecule has 0 spiro atoms. The lowest BCUT2D eigenvalue weighted by molar-refractivity contribution is -0.116. The predicted octanol–water partition coefficient (Wildman–Crippen LogP) is 8.69. The molecule has 252 valence electrons. The van der Waals surface area contributed by atoms with Crippen molar-refractivity contribution in [1.29, 1.82) is 0 Å². The average molecular weight is 645 g/mol. The molecule has 2 rings (SSSR count). The van der Waals surface area contributed by atoms with Crippen LogP contribution in [0.2, 0.25) is 0 Å². The molecule has 9 heteroatoms. The number of hydrogen-bond acceptors (Lipinski definition) is 6. The molecule has 0 unspecified atom stereocenters. The van der Waals surface area contributed by atoms with Crippen molar-refractivity contribution < 1.29 is 27.4 Å². The van der Waals surface area contributed by atoms with E-state index in [1.807, 2.05) is 6.92 Å². The van der Waals surface area contributed by atoms with Gasteiger partial charge in [-0.3, -0.25) is 4.79 Å². The van der Waals surface area contributed by atoms with Crippen LogP contribution in [0.15, 0.2) is 53.4 Å². The highest BCUT2D eigenvalue weighted by atomic mass is 32.2. The molecule has 2 aromatic rings. The monoisotopic (exact) mass is 644 g/mol. The fourth-order valence-electron chi connectivity index (χ4n) is 5.15. The number of benzene rings is 2. The van der Waals surface area contributed by atoms with Crippen LogP contribution >= 0.6 is 0 Å². The highest BCUT2D eigenvalue weighted by molar-refractivity contribution is 7.89. The summed E-state index contributed by atoms with van der Waals surface area (Å²) in [6.07, 6.45) is 21.0. The zero-order chi connectivity index (χ0) is 32.9. The van der Waals surface area contributed by atoms with Crippen molar-refractivity contribution in [3.05, 3.63) is 54.1 Å². The van der Waals surface area contributed by atoms with E-state index in [-0.39, 0.29) is 18.0 Å². The van der Waals surface area contributed by atoms with Gasteiger partial charge in [0.2, 0.25) is 15.9 Å². The van der Waals surface area contributed by atoms with Gasteiger partial charge in [0.1, 0.15) is 22.9 Å². The van der Waals surface area contributed by atoms with Crippen LogP contribution in [0.4, 0.5) is 5.69 Å². The van der Waals surface area contributed by atoms with Gasteiger partial charge in [-0.15, -0.1) is 0 Å². The van der Waals surface area contributed by atoms with Crippen LogP contribution in [0, 0.1) is 6.92 Å². The van der Waals surface area contributed by atoms with E-state index in [0.29, 0.717) is 29.4 Å². The van der Waals surface area contributed by atoms with E-state index >= 15 is 0 Å². The van der Waals surface area contributed by atoms with Gasteiger partial charge in [-0.25, -0.2) is 8.42 Å². The standard InChI is InChI=1S/C36H56N2O6S/c1-6-7-8-9-10-11-12-13-14-15-16-17-18-19-20-21-26-38(45(40,41)32-24-22-30(2)23-25-32)29-35(39)37-36-33(43-4)27-31(42-3)28-34(36)44-5/h13-14,22-25,27-28H,6-12,15-21,26,29H2,1-5H3,(H,37,39)/b14-13-. The summed E-state index contributed by atoms with van der Waals surface area (Å²) >= 11 is 0. The minimum atomic E-state index is -3.89. The Labute approximate surface area is 272 Å². The van der Waals surface area contributed by atoms with E-state index in [2.05, 4.69) is 24.4 Å². The van der Waals surface area contributed by atoms with Gasteiger partial charge in [0.25, 0.3) is 0 Å². The molecule has 0 aromatic heterocycles. The maximum atomic E-state index is 13.6. The Kier molecular flexibility index (Phi) is 18.4. The van der Waals surface area contributed by atoms with Crippen LogP contribution in [0.3, 0.4) is 0 Å². The van der Waals surface area contributed by atoms with E-state index in [9.17, 15) is 13.2 Å². The summed E-state index contributed by atoms with van der Waals surface area (Å²) in [4.78, 5) is 13.4. The number of sulfonamides is 1. The average Bonchev–Trinajstić information content (AvgIpc) is 3.04. The Balaban J connectivity index is 1.89. The van der Waals surface area contributed by atoms with E-state index in [1.165, 1.54) is 83.4 Å².